The smallest absolute Gasteiger partial charge is 0.273 e. The fourth-order valence-electron chi connectivity index (χ4n) is 3.24. The van der Waals surface area contributed by atoms with Gasteiger partial charge in [0.05, 0.1) is 17.0 Å². The third kappa shape index (κ3) is 2.72. The highest BCUT2D eigenvalue weighted by Crippen LogP contribution is 2.31. The summed E-state index contributed by atoms with van der Waals surface area (Å²) >= 11 is 0. The number of amides is 1. The number of aromatic nitrogens is 2. The number of para-hydroxylation sites is 2. The van der Waals surface area contributed by atoms with Crippen LogP contribution in [-0.4, -0.2) is 21.4 Å². The summed E-state index contributed by atoms with van der Waals surface area (Å²) in [4.78, 5) is 12.1. The molecule has 0 bridgehead atoms. The molecule has 5 rings (SSSR count). The van der Waals surface area contributed by atoms with Crippen LogP contribution in [0.3, 0.4) is 0 Å². The zero-order valence-corrected chi connectivity index (χ0v) is 15.1. The first-order valence-electron chi connectivity index (χ1n) is 8.90. The number of hydrogen-bond donors (Lipinski definition) is 1. The van der Waals surface area contributed by atoms with Crippen molar-refractivity contribution >= 4 is 28.7 Å². The highest BCUT2D eigenvalue weighted by Gasteiger charge is 2.22. The van der Waals surface area contributed by atoms with Crippen molar-refractivity contribution in [1.82, 2.24) is 15.2 Å². The van der Waals surface area contributed by atoms with Crippen molar-refractivity contribution in [2.24, 2.45) is 5.10 Å². The number of nitrogens with zero attached hydrogens (tertiary/aromatic N) is 3. The molecule has 1 aliphatic rings. The van der Waals surface area contributed by atoms with E-state index in [0.717, 1.165) is 22.2 Å². The zero-order valence-electron chi connectivity index (χ0n) is 15.1. The monoisotopic (exact) mass is 368 g/mol. The number of carbonyl (C=O) groups excluding carboxylic acids is 1. The lowest BCUT2D eigenvalue weighted by atomic mass is 10.1. The van der Waals surface area contributed by atoms with Gasteiger partial charge >= 0.3 is 0 Å². The Morgan fingerprint density at radius 2 is 1.86 bits per heavy atom. The Kier molecular flexibility index (Phi) is 3.69. The molecule has 0 spiro atoms. The van der Waals surface area contributed by atoms with Gasteiger partial charge < -0.3 is 4.42 Å². The van der Waals surface area contributed by atoms with Crippen molar-refractivity contribution in [2.75, 3.05) is 0 Å². The number of furan rings is 1. The lowest BCUT2D eigenvalue weighted by Gasteiger charge is -1.98. The number of rotatable bonds is 3. The molecule has 0 radical (unpaired) electrons. The molecule has 0 unspecified atom stereocenters. The fraction of sp³-hybridized carbons (Fsp3) is 0.0455. The molecule has 0 fully saturated rings. The molecule has 4 aromatic rings. The van der Waals surface area contributed by atoms with E-state index in [4.69, 9.17) is 9.52 Å². The molecular formula is C22H16N4O2. The van der Waals surface area contributed by atoms with Crippen LogP contribution in [0.2, 0.25) is 0 Å². The summed E-state index contributed by atoms with van der Waals surface area (Å²) in [5.41, 5.74) is 6.82. The average molecular weight is 368 g/mol. The predicted molar refractivity (Wildman–Crippen MR) is 108 cm³/mol. The topological polar surface area (TPSA) is 72.4 Å². The highest BCUT2D eigenvalue weighted by atomic mass is 16.3. The molecule has 6 nitrogen and oxygen atoms in total. The maximum absolute atomic E-state index is 12.1. The van der Waals surface area contributed by atoms with Gasteiger partial charge in [0.25, 0.3) is 5.91 Å². The molecule has 6 heteroatoms. The van der Waals surface area contributed by atoms with Gasteiger partial charge in [0.15, 0.2) is 5.76 Å². The number of hydrogen-bond acceptors (Lipinski definition) is 4. The molecule has 2 aromatic heterocycles. The van der Waals surface area contributed by atoms with E-state index in [9.17, 15) is 4.79 Å². The van der Waals surface area contributed by atoms with E-state index in [1.807, 2.05) is 66.9 Å². The van der Waals surface area contributed by atoms with E-state index < -0.39 is 0 Å². The summed E-state index contributed by atoms with van der Waals surface area (Å²) in [5, 5.41) is 9.74. The van der Waals surface area contributed by atoms with Gasteiger partial charge in [-0.05, 0) is 37.3 Å². The van der Waals surface area contributed by atoms with E-state index in [0.29, 0.717) is 22.7 Å². The van der Waals surface area contributed by atoms with Crippen molar-refractivity contribution in [3.63, 3.8) is 0 Å². The first-order valence-corrected chi connectivity index (χ1v) is 8.90. The lowest BCUT2D eigenvalue weighted by Crippen LogP contribution is -2.12. The molecule has 0 aliphatic carbocycles. The van der Waals surface area contributed by atoms with Gasteiger partial charge in [0, 0.05) is 17.1 Å². The third-order valence-corrected chi connectivity index (χ3v) is 4.68. The van der Waals surface area contributed by atoms with Gasteiger partial charge in [0.1, 0.15) is 11.3 Å². The number of fused-ring (bicyclic) bond motifs is 1. The molecule has 3 heterocycles. The number of nitrogens with one attached hydrogen (secondary N) is 1. The van der Waals surface area contributed by atoms with Crippen LogP contribution < -0.4 is 5.43 Å². The van der Waals surface area contributed by atoms with Crippen molar-refractivity contribution < 1.29 is 9.21 Å². The second-order valence-corrected chi connectivity index (χ2v) is 6.56. The van der Waals surface area contributed by atoms with Crippen molar-refractivity contribution in [3.8, 4) is 17.1 Å². The van der Waals surface area contributed by atoms with Gasteiger partial charge in [-0.1, -0.05) is 36.4 Å². The van der Waals surface area contributed by atoms with Crippen LogP contribution in [0.5, 0.6) is 0 Å². The average Bonchev–Trinajstić information content (AvgIpc) is 3.41. The highest BCUT2D eigenvalue weighted by molar-refractivity contribution is 6.26. The van der Waals surface area contributed by atoms with Gasteiger partial charge in [0.2, 0.25) is 0 Å². The number of hydrazone groups is 1. The quantitative estimate of drug-likeness (QED) is 0.552. The maximum Gasteiger partial charge on any atom is 0.273 e. The maximum atomic E-state index is 12.1. The molecule has 2 aromatic carbocycles. The van der Waals surface area contributed by atoms with Crippen LogP contribution in [0.15, 0.2) is 82.0 Å². The minimum atomic E-state index is -0.222. The molecular weight excluding hydrogens is 352 g/mol. The fourth-order valence-corrected chi connectivity index (χ4v) is 3.24. The third-order valence-electron chi connectivity index (χ3n) is 4.68. The van der Waals surface area contributed by atoms with Crippen LogP contribution in [-0.2, 0) is 4.79 Å². The SMILES string of the molecule is CC1=NNC(=O)/C1=C/c1cn(-c2ccccc2)nc1-c1cc2ccccc2o1. The van der Waals surface area contributed by atoms with Crippen molar-refractivity contribution in [3.05, 3.63) is 78.0 Å². The lowest BCUT2D eigenvalue weighted by molar-refractivity contribution is -0.116. The number of carbonyl (C=O) groups is 1. The van der Waals surface area contributed by atoms with E-state index in [1.54, 1.807) is 17.7 Å². The summed E-state index contributed by atoms with van der Waals surface area (Å²) in [6, 6.07) is 19.6. The Morgan fingerprint density at radius 3 is 2.61 bits per heavy atom. The molecule has 1 N–H and O–H groups in total. The van der Waals surface area contributed by atoms with Crippen LogP contribution in [0, 0.1) is 0 Å². The molecule has 1 amide bonds. The first-order chi connectivity index (χ1) is 13.7. The summed E-state index contributed by atoms with van der Waals surface area (Å²) in [6.07, 6.45) is 3.69. The van der Waals surface area contributed by atoms with Crippen LogP contribution in [0.1, 0.15) is 12.5 Å². The van der Waals surface area contributed by atoms with Gasteiger partial charge in [-0.15, -0.1) is 0 Å². The summed E-state index contributed by atoms with van der Waals surface area (Å²) < 4.78 is 7.81. The Bertz CT molecular complexity index is 1230. The summed E-state index contributed by atoms with van der Waals surface area (Å²) in [6.45, 7) is 1.80. The minimum absolute atomic E-state index is 0.222. The predicted octanol–water partition coefficient (Wildman–Crippen LogP) is 4.17. The van der Waals surface area contributed by atoms with E-state index in [-0.39, 0.29) is 5.91 Å². The van der Waals surface area contributed by atoms with Gasteiger partial charge in [-0.3, -0.25) is 4.79 Å². The molecule has 28 heavy (non-hydrogen) atoms. The van der Waals surface area contributed by atoms with Crippen molar-refractivity contribution in [1.29, 1.82) is 0 Å². The molecule has 136 valence electrons. The van der Waals surface area contributed by atoms with Crippen LogP contribution in [0.4, 0.5) is 0 Å². The van der Waals surface area contributed by atoms with Crippen molar-refractivity contribution in [2.45, 2.75) is 6.92 Å². The largest absolute Gasteiger partial charge is 0.454 e. The second-order valence-electron chi connectivity index (χ2n) is 6.56. The standard InChI is InChI=1S/C22H16N4O2/c1-14-18(22(27)24-23-14)11-16-13-26(17-8-3-2-4-9-17)25-21(16)20-12-15-7-5-6-10-19(15)28-20/h2-13H,1H3,(H,24,27)/b18-11+. The Labute approximate surface area is 160 Å². The zero-order chi connectivity index (χ0) is 19.1. The normalized spacial score (nSPS) is 15.2. The van der Waals surface area contributed by atoms with Gasteiger partial charge in [-0.2, -0.15) is 10.2 Å². The van der Waals surface area contributed by atoms with Crippen LogP contribution in [0.25, 0.3) is 34.2 Å². The summed E-state index contributed by atoms with van der Waals surface area (Å²) in [7, 11) is 0. The van der Waals surface area contributed by atoms with E-state index in [1.165, 1.54) is 0 Å². The molecule has 0 saturated heterocycles. The Balaban J connectivity index is 1.70. The first kappa shape index (κ1) is 16.3. The second kappa shape index (κ2) is 6.35. The Hall–Kier alpha value is -3.93. The molecule has 0 atom stereocenters. The molecule has 0 saturated carbocycles. The number of benzene rings is 2. The van der Waals surface area contributed by atoms with E-state index in [2.05, 4.69) is 10.5 Å². The molecule has 1 aliphatic heterocycles. The summed E-state index contributed by atoms with van der Waals surface area (Å²) in [5.74, 6) is 0.427. The Morgan fingerprint density at radius 1 is 1.07 bits per heavy atom. The minimum Gasteiger partial charge on any atom is -0.454 e. The van der Waals surface area contributed by atoms with Crippen LogP contribution >= 0.6 is 0 Å². The van der Waals surface area contributed by atoms with Gasteiger partial charge in [-0.25, -0.2) is 10.1 Å². The van der Waals surface area contributed by atoms with E-state index >= 15 is 0 Å².